The number of carbonyl (C=O) groups excluding carboxylic acids is 1. The van der Waals surface area contributed by atoms with Crippen molar-refractivity contribution in [1.82, 2.24) is 15.1 Å². The monoisotopic (exact) mass is 326 g/mol. The number of nitrogens with zero attached hydrogens (tertiary/aromatic N) is 3. The quantitative estimate of drug-likeness (QED) is 0.919. The molecule has 0 spiro atoms. The van der Waals surface area contributed by atoms with Crippen LogP contribution in [-0.4, -0.2) is 41.9 Å². The van der Waals surface area contributed by atoms with Crippen molar-refractivity contribution in [2.75, 3.05) is 31.1 Å². The fourth-order valence-corrected chi connectivity index (χ4v) is 3.39. The van der Waals surface area contributed by atoms with Gasteiger partial charge in [0.2, 0.25) is 0 Å². The van der Waals surface area contributed by atoms with Gasteiger partial charge in [0.05, 0.1) is 18.3 Å². The first-order valence-electron chi connectivity index (χ1n) is 8.53. The van der Waals surface area contributed by atoms with Crippen molar-refractivity contribution in [3.8, 4) is 5.75 Å². The molecule has 2 aliphatic rings. The molecule has 2 aromatic rings. The maximum absolute atomic E-state index is 12.9. The van der Waals surface area contributed by atoms with Crippen LogP contribution in [0.25, 0.3) is 0 Å². The molecule has 3 heterocycles. The molecule has 1 N–H and O–H groups in total. The van der Waals surface area contributed by atoms with Crippen LogP contribution in [-0.2, 0) is 0 Å². The standard InChI is InChI=1S/C18H22N4O2/c1-13-4-5-16-17(11-13)24-10-9-21(16)18(23)15-6-8-22(20-15)14-3-2-7-19-12-14/h4-6,8,11,14,19H,2-3,7,9-10,12H2,1H3. The van der Waals surface area contributed by atoms with E-state index >= 15 is 0 Å². The van der Waals surface area contributed by atoms with E-state index in [1.54, 1.807) is 4.90 Å². The lowest BCUT2D eigenvalue weighted by Gasteiger charge is -2.29. The number of piperidine rings is 1. The first-order valence-corrected chi connectivity index (χ1v) is 8.53. The van der Waals surface area contributed by atoms with Gasteiger partial charge in [-0.2, -0.15) is 5.10 Å². The van der Waals surface area contributed by atoms with Gasteiger partial charge < -0.3 is 15.0 Å². The van der Waals surface area contributed by atoms with E-state index in [-0.39, 0.29) is 5.91 Å². The third-order valence-corrected chi connectivity index (χ3v) is 4.70. The molecule has 2 aliphatic heterocycles. The third-order valence-electron chi connectivity index (χ3n) is 4.70. The molecule has 1 atom stereocenters. The number of aromatic nitrogens is 2. The summed E-state index contributed by atoms with van der Waals surface area (Å²) in [4.78, 5) is 14.7. The van der Waals surface area contributed by atoms with E-state index in [2.05, 4.69) is 10.4 Å². The topological polar surface area (TPSA) is 59.4 Å². The Bertz CT molecular complexity index is 749. The summed E-state index contributed by atoms with van der Waals surface area (Å²) in [6.45, 7) is 5.05. The summed E-state index contributed by atoms with van der Waals surface area (Å²) in [6, 6.07) is 8.07. The van der Waals surface area contributed by atoms with Gasteiger partial charge in [0, 0.05) is 12.7 Å². The van der Waals surface area contributed by atoms with Gasteiger partial charge in [-0.15, -0.1) is 0 Å². The van der Waals surface area contributed by atoms with E-state index in [1.807, 2.05) is 42.1 Å². The minimum absolute atomic E-state index is 0.0640. The second-order valence-electron chi connectivity index (χ2n) is 6.46. The minimum Gasteiger partial charge on any atom is -0.490 e. The smallest absolute Gasteiger partial charge is 0.278 e. The van der Waals surface area contributed by atoms with E-state index in [1.165, 1.54) is 0 Å². The summed E-state index contributed by atoms with van der Waals surface area (Å²) in [5.74, 6) is 0.705. The summed E-state index contributed by atoms with van der Waals surface area (Å²) in [6.07, 6.45) is 4.16. The van der Waals surface area contributed by atoms with Gasteiger partial charge in [-0.1, -0.05) is 6.07 Å². The van der Waals surface area contributed by atoms with E-state index in [9.17, 15) is 4.79 Å². The fourth-order valence-electron chi connectivity index (χ4n) is 3.39. The number of hydrogen-bond donors (Lipinski definition) is 1. The molecule has 1 amide bonds. The van der Waals surface area contributed by atoms with E-state index < -0.39 is 0 Å². The predicted molar refractivity (Wildman–Crippen MR) is 91.7 cm³/mol. The van der Waals surface area contributed by atoms with Crippen LogP contribution in [0.4, 0.5) is 5.69 Å². The highest BCUT2D eigenvalue weighted by Gasteiger charge is 2.27. The van der Waals surface area contributed by atoms with Crippen molar-refractivity contribution in [3.63, 3.8) is 0 Å². The van der Waals surface area contributed by atoms with Crippen LogP contribution < -0.4 is 15.0 Å². The van der Waals surface area contributed by atoms with Gasteiger partial charge >= 0.3 is 0 Å². The number of aryl methyl sites for hydroxylation is 1. The number of ether oxygens (including phenoxy) is 1. The van der Waals surface area contributed by atoms with Crippen LogP contribution in [0.15, 0.2) is 30.5 Å². The molecule has 6 heteroatoms. The number of rotatable bonds is 2. The summed E-state index contributed by atoms with van der Waals surface area (Å²) >= 11 is 0. The zero-order chi connectivity index (χ0) is 16.5. The van der Waals surface area contributed by atoms with Crippen molar-refractivity contribution < 1.29 is 9.53 Å². The molecule has 24 heavy (non-hydrogen) atoms. The van der Waals surface area contributed by atoms with Crippen LogP contribution in [0.1, 0.15) is 34.9 Å². The summed E-state index contributed by atoms with van der Waals surface area (Å²) < 4.78 is 7.62. The molecule has 0 aliphatic carbocycles. The average molecular weight is 326 g/mol. The second-order valence-corrected chi connectivity index (χ2v) is 6.46. The number of hydrogen-bond acceptors (Lipinski definition) is 4. The van der Waals surface area contributed by atoms with E-state index in [4.69, 9.17) is 4.74 Å². The van der Waals surface area contributed by atoms with Gasteiger partial charge in [-0.3, -0.25) is 9.48 Å². The zero-order valence-corrected chi connectivity index (χ0v) is 13.9. The largest absolute Gasteiger partial charge is 0.490 e. The lowest BCUT2D eigenvalue weighted by Crippen LogP contribution is -2.38. The Morgan fingerprint density at radius 3 is 3.12 bits per heavy atom. The van der Waals surface area contributed by atoms with Crippen LogP contribution in [0.5, 0.6) is 5.75 Å². The number of nitrogens with one attached hydrogen (secondary N) is 1. The van der Waals surface area contributed by atoms with Gasteiger partial charge in [-0.05, 0) is 50.1 Å². The maximum atomic E-state index is 12.9. The molecular weight excluding hydrogens is 304 g/mol. The molecule has 126 valence electrons. The molecule has 1 saturated heterocycles. The Morgan fingerprint density at radius 2 is 2.29 bits per heavy atom. The lowest BCUT2D eigenvalue weighted by molar-refractivity contribution is 0.0970. The highest BCUT2D eigenvalue weighted by Crippen LogP contribution is 2.33. The SMILES string of the molecule is Cc1ccc2c(c1)OCCN2C(=O)c1ccn(C2CCCNC2)n1. The Labute approximate surface area is 141 Å². The first kappa shape index (κ1) is 15.2. The van der Waals surface area contributed by atoms with Crippen molar-refractivity contribution in [2.45, 2.75) is 25.8 Å². The Hall–Kier alpha value is -2.34. The Kier molecular flexibility index (Phi) is 3.98. The molecule has 1 aromatic heterocycles. The number of fused-ring (bicyclic) bond motifs is 1. The molecular formula is C18H22N4O2. The third kappa shape index (κ3) is 2.78. The molecule has 0 radical (unpaired) electrons. The van der Waals surface area contributed by atoms with Crippen molar-refractivity contribution >= 4 is 11.6 Å². The predicted octanol–water partition coefficient (Wildman–Crippen LogP) is 2.16. The highest BCUT2D eigenvalue weighted by molar-refractivity contribution is 6.05. The molecule has 1 unspecified atom stereocenters. The number of carbonyl (C=O) groups is 1. The van der Waals surface area contributed by atoms with Crippen LogP contribution in [0, 0.1) is 6.92 Å². The zero-order valence-electron chi connectivity index (χ0n) is 13.9. The summed E-state index contributed by atoms with van der Waals surface area (Å²) in [5, 5.41) is 7.92. The highest BCUT2D eigenvalue weighted by atomic mass is 16.5. The molecule has 1 aromatic carbocycles. The molecule has 4 rings (SSSR count). The van der Waals surface area contributed by atoms with E-state index in [0.717, 1.165) is 42.9 Å². The minimum atomic E-state index is -0.0640. The Balaban J connectivity index is 1.57. The molecule has 0 saturated carbocycles. The number of amides is 1. The summed E-state index contributed by atoms with van der Waals surface area (Å²) in [7, 11) is 0. The van der Waals surface area contributed by atoms with Gasteiger partial charge in [0.25, 0.3) is 5.91 Å². The maximum Gasteiger partial charge on any atom is 0.278 e. The second kappa shape index (κ2) is 6.28. The normalized spacial score (nSPS) is 20.4. The van der Waals surface area contributed by atoms with Crippen molar-refractivity contribution in [2.24, 2.45) is 0 Å². The van der Waals surface area contributed by atoms with Crippen molar-refractivity contribution in [1.29, 1.82) is 0 Å². The van der Waals surface area contributed by atoms with Crippen LogP contribution in [0.2, 0.25) is 0 Å². The van der Waals surface area contributed by atoms with Crippen LogP contribution >= 0.6 is 0 Å². The number of anilines is 1. The van der Waals surface area contributed by atoms with Crippen molar-refractivity contribution in [3.05, 3.63) is 41.7 Å². The fraction of sp³-hybridized carbons (Fsp3) is 0.444. The molecule has 0 bridgehead atoms. The number of benzene rings is 1. The van der Waals surface area contributed by atoms with Crippen LogP contribution in [0.3, 0.4) is 0 Å². The Morgan fingerprint density at radius 1 is 1.38 bits per heavy atom. The lowest BCUT2D eigenvalue weighted by atomic mass is 10.1. The first-order chi connectivity index (χ1) is 11.7. The van der Waals surface area contributed by atoms with Gasteiger partial charge in [0.1, 0.15) is 12.4 Å². The van der Waals surface area contributed by atoms with E-state index in [0.29, 0.717) is 24.9 Å². The van der Waals surface area contributed by atoms with Gasteiger partial charge in [0.15, 0.2) is 5.69 Å². The summed E-state index contributed by atoms with van der Waals surface area (Å²) in [5.41, 5.74) is 2.44. The molecule has 6 nitrogen and oxygen atoms in total. The van der Waals surface area contributed by atoms with Gasteiger partial charge in [-0.25, -0.2) is 0 Å². The average Bonchev–Trinajstić information content (AvgIpc) is 3.11. The molecule has 1 fully saturated rings.